The molecule has 1 aromatic rings. The van der Waals surface area contributed by atoms with Crippen molar-refractivity contribution < 1.29 is 4.79 Å². The minimum absolute atomic E-state index is 0.0500. The standard InChI is InChI=1S/C11H14BrClN2O/c1-7(2)15-11(16)6-14-10-5-8(12)3-4-9(10)13/h3-5,7,14H,6H2,1-2H3,(H,15,16). The minimum Gasteiger partial charge on any atom is -0.375 e. The molecular formula is C11H14BrClN2O. The summed E-state index contributed by atoms with van der Waals surface area (Å²) in [5.74, 6) is -0.0500. The second-order valence-electron chi connectivity index (χ2n) is 3.70. The van der Waals surface area contributed by atoms with Crippen LogP contribution >= 0.6 is 27.5 Å². The molecule has 0 saturated heterocycles. The van der Waals surface area contributed by atoms with E-state index in [0.29, 0.717) is 5.02 Å². The molecule has 2 N–H and O–H groups in total. The van der Waals surface area contributed by atoms with Gasteiger partial charge in [-0.2, -0.15) is 0 Å². The maximum atomic E-state index is 11.4. The fourth-order valence-corrected chi connectivity index (χ4v) is 1.73. The van der Waals surface area contributed by atoms with Crippen LogP contribution in [0.1, 0.15) is 13.8 Å². The summed E-state index contributed by atoms with van der Waals surface area (Å²) in [6, 6.07) is 5.60. The summed E-state index contributed by atoms with van der Waals surface area (Å²) in [4.78, 5) is 11.4. The summed E-state index contributed by atoms with van der Waals surface area (Å²) in [6.45, 7) is 4.06. The first-order valence-corrected chi connectivity index (χ1v) is 6.14. The number of anilines is 1. The van der Waals surface area contributed by atoms with Crippen molar-refractivity contribution in [3.63, 3.8) is 0 Å². The zero-order chi connectivity index (χ0) is 12.1. The van der Waals surface area contributed by atoms with Crippen LogP contribution < -0.4 is 10.6 Å². The highest BCUT2D eigenvalue weighted by Crippen LogP contribution is 2.25. The molecule has 16 heavy (non-hydrogen) atoms. The molecule has 0 saturated carbocycles. The summed E-state index contributed by atoms with van der Waals surface area (Å²) < 4.78 is 0.920. The smallest absolute Gasteiger partial charge is 0.239 e. The number of rotatable bonds is 4. The number of hydrogen-bond acceptors (Lipinski definition) is 2. The van der Waals surface area contributed by atoms with E-state index in [4.69, 9.17) is 11.6 Å². The van der Waals surface area contributed by atoms with Crippen molar-refractivity contribution in [3.05, 3.63) is 27.7 Å². The summed E-state index contributed by atoms with van der Waals surface area (Å²) in [6.07, 6.45) is 0. The molecule has 0 unspecified atom stereocenters. The average Bonchev–Trinajstić information content (AvgIpc) is 2.18. The monoisotopic (exact) mass is 304 g/mol. The van der Waals surface area contributed by atoms with Crippen LogP contribution in [-0.4, -0.2) is 18.5 Å². The third-order valence-corrected chi connectivity index (χ3v) is 2.64. The van der Waals surface area contributed by atoms with Crippen molar-refractivity contribution in [2.24, 2.45) is 0 Å². The molecule has 1 aromatic carbocycles. The molecule has 5 heteroatoms. The van der Waals surface area contributed by atoms with Crippen LogP contribution in [0.2, 0.25) is 5.02 Å². The first kappa shape index (κ1) is 13.3. The van der Waals surface area contributed by atoms with E-state index in [1.165, 1.54) is 0 Å². The summed E-state index contributed by atoms with van der Waals surface area (Å²) in [5, 5.41) is 6.37. The number of carbonyl (C=O) groups is 1. The Balaban J connectivity index is 2.54. The molecule has 0 aliphatic rings. The lowest BCUT2D eigenvalue weighted by Gasteiger charge is -2.11. The van der Waals surface area contributed by atoms with Gasteiger partial charge in [0.1, 0.15) is 0 Å². The Morgan fingerprint density at radius 3 is 2.81 bits per heavy atom. The van der Waals surface area contributed by atoms with Crippen molar-refractivity contribution >= 4 is 39.1 Å². The molecule has 88 valence electrons. The summed E-state index contributed by atoms with van der Waals surface area (Å²) >= 11 is 9.31. The van der Waals surface area contributed by atoms with E-state index in [1.807, 2.05) is 26.0 Å². The van der Waals surface area contributed by atoms with E-state index >= 15 is 0 Å². The molecule has 1 rings (SSSR count). The summed E-state index contributed by atoms with van der Waals surface area (Å²) in [5.41, 5.74) is 0.745. The molecule has 0 aromatic heterocycles. The molecule has 0 bridgehead atoms. The van der Waals surface area contributed by atoms with Gasteiger partial charge in [0, 0.05) is 10.5 Å². The van der Waals surface area contributed by atoms with E-state index < -0.39 is 0 Å². The van der Waals surface area contributed by atoms with Gasteiger partial charge in [-0.15, -0.1) is 0 Å². The van der Waals surface area contributed by atoms with Crippen molar-refractivity contribution in [1.82, 2.24) is 5.32 Å². The van der Waals surface area contributed by atoms with Crippen LogP contribution in [0, 0.1) is 0 Å². The van der Waals surface area contributed by atoms with Gasteiger partial charge < -0.3 is 10.6 Å². The average molecular weight is 306 g/mol. The van der Waals surface area contributed by atoms with Gasteiger partial charge in [-0.05, 0) is 32.0 Å². The third-order valence-electron chi connectivity index (χ3n) is 1.82. The Morgan fingerprint density at radius 2 is 2.19 bits per heavy atom. The molecule has 0 aliphatic carbocycles. The van der Waals surface area contributed by atoms with Crippen molar-refractivity contribution in [3.8, 4) is 0 Å². The van der Waals surface area contributed by atoms with Crippen LogP contribution in [0.3, 0.4) is 0 Å². The second kappa shape index (κ2) is 6.11. The Bertz CT molecular complexity index is 382. The number of hydrogen-bond donors (Lipinski definition) is 2. The molecule has 1 amide bonds. The highest BCUT2D eigenvalue weighted by Gasteiger charge is 2.05. The van der Waals surface area contributed by atoms with Gasteiger partial charge in [0.05, 0.1) is 17.3 Å². The molecular weight excluding hydrogens is 291 g/mol. The van der Waals surface area contributed by atoms with Crippen LogP contribution in [0.4, 0.5) is 5.69 Å². The van der Waals surface area contributed by atoms with Gasteiger partial charge in [-0.3, -0.25) is 4.79 Å². The van der Waals surface area contributed by atoms with Crippen LogP contribution in [-0.2, 0) is 4.79 Å². The van der Waals surface area contributed by atoms with Gasteiger partial charge in [-0.1, -0.05) is 27.5 Å². The van der Waals surface area contributed by atoms with Gasteiger partial charge in [-0.25, -0.2) is 0 Å². The van der Waals surface area contributed by atoms with E-state index in [0.717, 1.165) is 10.2 Å². The van der Waals surface area contributed by atoms with Crippen molar-refractivity contribution in [2.75, 3.05) is 11.9 Å². The third kappa shape index (κ3) is 4.41. The number of halogens is 2. The molecule has 0 atom stereocenters. The lowest BCUT2D eigenvalue weighted by Crippen LogP contribution is -2.34. The first-order chi connectivity index (χ1) is 7.49. The molecule has 0 heterocycles. The van der Waals surface area contributed by atoms with Gasteiger partial charge >= 0.3 is 0 Å². The number of carbonyl (C=O) groups excluding carboxylic acids is 1. The molecule has 0 fully saturated rings. The zero-order valence-electron chi connectivity index (χ0n) is 9.18. The van der Waals surface area contributed by atoms with E-state index in [-0.39, 0.29) is 18.5 Å². The topological polar surface area (TPSA) is 41.1 Å². The molecule has 0 aliphatic heterocycles. The largest absolute Gasteiger partial charge is 0.375 e. The number of benzene rings is 1. The summed E-state index contributed by atoms with van der Waals surface area (Å²) in [7, 11) is 0. The van der Waals surface area contributed by atoms with Gasteiger partial charge in [0.25, 0.3) is 0 Å². The molecule has 0 radical (unpaired) electrons. The molecule has 0 spiro atoms. The highest BCUT2D eigenvalue weighted by molar-refractivity contribution is 9.10. The normalized spacial score (nSPS) is 10.3. The maximum Gasteiger partial charge on any atom is 0.239 e. The van der Waals surface area contributed by atoms with E-state index in [2.05, 4.69) is 26.6 Å². The Kier molecular flexibility index (Phi) is 5.09. The first-order valence-electron chi connectivity index (χ1n) is 4.97. The van der Waals surface area contributed by atoms with Gasteiger partial charge in [0.15, 0.2) is 0 Å². The van der Waals surface area contributed by atoms with Crippen LogP contribution in [0.15, 0.2) is 22.7 Å². The highest BCUT2D eigenvalue weighted by atomic mass is 79.9. The Hall–Kier alpha value is -0.740. The van der Waals surface area contributed by atoms with Crippen molar-refractivity contribution in [1.29, 1.82) is 0 Å². The minimum atomic E-state index is -0.0500. The quantitative estimate of drug-likeness (QED) is 0.898. The predicted molar refractivity (Wildman–Crippen MR) is 70.9 cm³/mol. The number of nitrogens with one attached hydrogen (secondary N) is 2. The van der Waals surface area contributed by atoms with Crippen LogP contribution in [0.5, 0.6) is 0 Å². The van der Waals surface area contributed by atoms with Gasteiger partial charge in [0.2, 0.25) is 5.91 Å². The van der Waals surface area contributed by atoms with Crippen LogP contribution in [0.25, 0.3) is 0 Å². The number of amides is 1. The van der Waals surface area contributed by atoms with E-state index in [1.54, 1.807) is 6.07 Å². The predicted octanol–water partition coefficient (Wildman–Crippen LogP) is 3.04. The lowest BCUT2D eigenvalue weighted by molar-refractivity contribution is -0.119. The Morgan fingerprint density at radius 1 is 1.50 bits per heavy atom. The zero-order valence-corrected chi connectivity index (χ0v) is 11.5. The molecule has 3 nitrogen and oxygen atoms in total. The van der Waals surface area contributed by atoms with Crippen molar-refractivity contribution in [2.45, 2.75) is 19.9 Å². The fraction of sp³-hybridized carbons (Fsp3) is 0.364. The lowest BCUT2D eigenvalue weighted by atomic mass is 10.3. The van der Waals surface area contributed by atoms with E-state index in [9.17, 15) is 4.79 Å². The Labute approximate surface area is 109 Å². The second-order valence-corrected chi connectivity index (χ2v) is 5.02. The SMILES string of the molecule is CC(C)NC(=O)CNc1cc(Br)ccc1Cl. The maximum absolute atomic E-state index is 11.4. The fourth-order valence-electron chi connectivity index (χ4n) is 1.18.